The number of halogens is 2. The van der Waals surface area contributed by atoms with Gasteiger partial charge in [-0.1, -0.05) is 37.0 Å². The largest absolute Gasteiger partial charge is 0.480 e. The summed E-state index contributed by atoms with van der Waals surface area (Å²) in [6.07, 6.45) is 0.451. The van der Waals surface area contributed by atoms with Gasteiger partial charge >= 0.3 is 0 Å². The zero-order valence-electron chi connectivity index (χ0n) is 16.6. The number of rotatable bonds is 6. The molecule has 1 aromatic carbocycles. The van der Waals surface area contributed by atoms with Crippen LogP contribution in [0, 0.1) is 12.8 Å². The first-order valence-electron chi connectivity index (χ1n) is 9.45. The topological polar surface area (TPSA) is 76.6 Å². The number of aryl methyl sites for hydroxylation is 1. The summed E-state index contributed by atoms with van der Waals surface area (Å²) in [5, 5.41) is 1.41. The molecule has 1 saturated heterocycles. The van der Waals surface area contributed by atoms with E-state index in [9.17, 15) is 13.2 Å². The van der Waals surface area contributed by atoms with Crippen LogP contribution in [-0.4, -0.2) is 54.9 Å². The number of hydrogen-bond acceptors (Lipinski definition) is 5. The van der Waals surface area contributed by atoms with Crippen molar-refractivity contribution in [2.45, 2.75) is 33.2 Å². The highest BCUT2D eigenvalue weighted by Crippen LogP contribution is 2.37. The summed E-state index contributed by atoms with van der Waals surface area (Å²) in [6.45, 7) is 6.03. The number of aromatic nitrogens is 1. The zero-order valence-corrected chi connectivity index (χ0v) is 18.9. The van der Waals surface area contributed by atoms with Gasteiger partial charge in [-0.3, -0.25) is 4.79 Å². The maximum absolute atomic E-state index is 12.9. The summed E-state index contributed by atoms with van der Waals surface area (Å²) >= 11 is 12.6. The molecule has 6 nitrogen and oxygen atoms in total. The van der Waals surface area contributed by atoms with E-state index in [4.69, 9.17) is 27.9 Å². The van der Waals surface area contributed by atoms with Gasteiger partial charge < -0.3 is 9.64 Å². The van der Waals surface area contributed by atoms with Crippen LogP contribution in [0.25, 0.3) is 10.9 Å². The predicted octanol–water partition coefficient (Wildman–Crippen LogP) is 3.90. The van der Waals surface area contributed by atoms with Crippen molar-refractivity contribution in [1.82, 2.24) is 9.88 Å². The van der Waals surface area contributed by atoms with E-state index < -0.39 is 9.84 Å². The Morgan fingerprint density at radius 1 is 1.31 bits per heavy atom. The van der Waals surface area contributed by atoms with Crippen LogP contribution in [0.3, 0.4) is 0 Å². The first-order chi connectivity index (χ1) is 13.6. The zero-order chi connectivity index (χ0) is 21.3. The van der Waals surface area contributed by atoms with Gasteiger partial charge in [0.25, 0.3) is 5.91 Å². The second-order valence-electron chi connectivity index (χ2n) is 7.80. The molecule has 1 aliphatic heterocycles. The quantitative estimate of drug-likeness (QED) is 0.655. The lowest BCUT2D eigenvalue weighted by molar-refractivity contribution is -0.135. The van der Waals surface area contributed by atoms with Crippen LogP contribution in [-0.2, 0) is 14.6 Å². The normalized spacial score (nSPS) is 18.3. The second kappa shape index (κ2) is 8.66. The van der Waals surface area contributed by atoms with Crippen LogP contribution < -0.4 is 4.74 Å². The first kappa shape index (κ1) is 22.1. The SMILES string of the molecule is Cc1ccc2c(Cl)cc(Cl)c(OCC(=O)N(CC(C)C)C3CCS(=O)(=O)C3)c2n1. The van der Waals surface area contributed by atoms with Gasteiger partial charge in [0.05, 0.1) is 21.6 Å². The lowest BCUT2D eigenvalue weighted by atomic mass is 10.1. The summed E-state index contributed by atoms with van der Waals surface area (Å²) in [5.74, 6) is 0.333. The average Bonchev–Trinajstić information content (AvgIpc) is 2.98. The molecule has 1 amide bonds. The molecular formula is C20H24Cl2N2O4S. The van der Waals surface area contributed by atoms with E-state index >= 15 is 0 Å². The van der Waals surface area contributed by atoms with Crippen LogP contribution in [0.15, 0.2) is 18.2 Å². The van der Waals surface area contributed by atoms with Gasteiger partial charge in [0.15, 0.2) is 22.2 Å². The van der Waals surface area contributed by atoms with Crippen LogP contribution in [0.5, 0.6) is 5.75 Å². The summed E-state index contributed by atoms with van der Waals surface area (Å²) in [5.41, 5.74) is 1.26. The molecule has 1 aliphatic rings. The van der Waals surface area contributed by atoms with Crippen molar-refractivity contribution in [3.8, 4) is 5.75 Å². The first-order valence-corrected chi connectivity index (χ1v) is 12.0. The molecule has 2 aromatic rings. The molecule has 9 heteroatoms. The van der Waals surface area contributed by atoms with Gasteiger partial charge in [-0.05, 0) is 37.5 Å². The van der Waals surface area contributed by atoms with Gasteiger partial charge in [-0.2, -0.15) is 0 Å². The standard InChI is InChI=1S/C20H24Cl2N2O4S/c1-12(2)9-24(14-6-7-29(26,27)11-14)18(25)10-28-20-17(22)8-16(21)15-5-4-13(3)23-19(15)20/h4-5,8,12,14H,6-7,9-11H2,1-3H3. The summed E-state index contributed by atoms with van der Waals surface area (Å²) in [7, 11) is -3.10. The van der Waals surface area contributed by atoms with E-state index in [0.29, 0.717) is 34.6 Å². The Labute approximate surface area is 181 Å². The average molecular weight is 459 g/mol. The van der Waals surface area contributed by atoms with E-state index in [2.05, 4.69) is 4.98 Å². The monoisotopic (exact) mass is 458 g/mol. The van der Waals surface area contributed by atoms with E-state index in [0.717, 1.165) is 5.69 Å². The smallest absolute Gasteiger partial charge is 0.260 e. The Morgan fingerprint density at radius 2 is 2.03 bits per heavy atom. The molecule has 1 aromatic heterocycles. The molecule has 29 heavy (non-hydrogen) atoms. The number of sulfone groups is 1. The third-order valence-corrected chi connectivity index (χ3v) is 7.19. The van der Waals surface area contributed by atoms with Gasteiger partial charge in [0.2, 0.25) is 0 Å². The third-order valence-electron chi connectivity index (χ3n) is 4.85. The third kappa shape index (κ3) is 5.13. The highest BCUT2D eigenvalue weighted by Gasteiger charge is 2.35. The van der Waals surface area contributed by atoms with Crippen molar-refractivity contribution in [1.29, 1.82) is 0 Å². The Balaban J connectivity index is 1.84. The fourth-order valence-electron chi connectivity index (χ4n) is 3.51. The highest BCUT2D eigenvalue weighted by molar-refractivity contribution is 7.91. The number of benzene rings is 1. The number of ether oxygens (including phenoxy) is 1. The van der Waals surface area contributed by atoms with Crippen molar-refractivity contribution in [2.24, 2.45) is 5.92 Å². The van der Waals surface area contributed by atoms with Crippen molar-refractivity contribution in [3.05, 3.63) is 33.9 Å². The molecule has 158 valence electrons. The molecular weight excluding hydrogens is 435 g/mol. The van der Waals surface area contributed by atoms with E-state index in [1.165, 1.54) is 0 Å². The van der Waals surface area contributed by atoms with Gasteiger partial charge in [-0.15, -0.1) is 0 Å². The number of pyridine rings is 1. The predicted molar refractivity (Wildman–Crippen MR) is 116 cm³/mol. The number of nitrogens with zero attached hydrogens (tertiary/aromatic N) is 2. The lowest BCUT2D eigenvalue weighted by Gasteiger charge is -2.30. The molecule has 1 unspecified atom stereocenters. The fourth-order valence-corrected chi connectivity index (χ4v) is 5.81. The number of carbonyl (C=O) groups is 1. The Bertz CT molecular complexity index is 1040. The van der Waals surface area contributed by atoms with E-state index in [-0.39, 0.29) is 41.0 Å². The van der Waals surface area contributed by atoms with Crippen LogP contribution in [0.1, 0.15) is 26.0 Å². The maximum atomic E-state index is 12.9. The summed E-state index contributed by atoms with van der Waals surface area (Å²) < 4.78 is 29.6. The molecule has 0 radical (unpaired) electrons. The minimum absolute atomic E-state index is 0.00313. The van der Waals surface area contributed by atoms with Crippen molar-refractivity contribution >= 4 is 49.8 Å². The van der Waals surface area contributed by atoms with Crippen molar-refractivity contribution in [2.75, 3.05) is 24.7 Å². The minimum atomic E-state index is -3.10. The number of hydrogen-bond donors (Lipinski definition) is 0. The van der Waals surface area contributed by atoms with Gasteiger partial charge in [0.1, 0.15) is 5.52 Å². The summed E-state index contributed by atoms with van der Waals surface area (Å²) in [6, 6.07) is 4.91. The molecule has 1 atom stereocenters. The minimum Gasteiger partial charge on any atom is -0.480 e. The van der Waals surface area contributed by atoms with E-state index in [1.807, 2.05) is 32.9 Å². The fraction of sp³-hybridized carbons (Fsp3) is 0.500. The van der Waals surface area contributed by atoms with Gasteiger partial charge in [-0.25, -0.2) is 13.4 Å². The summed E-state index contributed by atoms with van der Waals surface area (Å²) in [4.78, 5) is 19.0. The number of carbonyl (C=O) groups excluding carboxylic acids is 1. The van der Waals surface area contributed by atoms with Gasteiger partial charge in [0, 0.05) is 23.7 Å². The maximum Gasteiger partial charge on any atom is 0.260 e. The molecule has 0 aliphatic carbocycles. The number of fused-ring (bicyclic) bond motifs is 1. The highest BCUT2D eigenvalue weighted by atomic mass is 35.5. The Hall–Kier alpha value is -1.57. The Morgan fingerprint density at radius 3 is 2.66 bits per heavy atom. The molecule has 1 fully saturated rings. The second-order valence-corrected chi connectivity index (χ2v) is 10.8. The van der Waals surface area contributed by atoms with Crippen LogP contribution in [0.2, 0.25) is 10.0 Å². The molecule has 2 heterocycles. The molecule has 0 bridgehead atoms. The van der Waals surface area contributed by atoms with Crippen molar-refractivity contribution in [3.63, 3.8) is 0 Å². The lowest BCUT2D eigenvalue weighted by Crippen LogP contribution is -2.45. The molecule has 0 spiro atoms. The molecule has 3 rings (SSSR count). The van der Waals surface area contributed by atoms with Crippen LogP contribution >= 0.6 is 23.2 Å². The number of amides is 1. The Kier molecular flexibility index (Phi) is 6.61. The van der Waals surface area contributed by atoms with Crippen molar-refractivity contribution < 1.29 is 17.9 Å². The van der Waals surface area contributed by atoms with Crippen LogP contribution in [0.4, 0.5) is 0 Å². The van der Waals surface area contributed by atoms with E-state index in [1.54, 1.807) is 11.0 Å². The molecule has 0 saturated carbocycles. The molecule has 0 N–H and O–H groups in total.